The number of aryl methyl sites for hydroxylation is 3. The van der Waals surface area contributed by atoms with Gasteiger partial charge in [0.25, 0.3) is 0 Å². The molecule has 0 amide bonds. The molecular formula is C17H21Ru-2. The molecule has 0 atom stereocenters. The quantitative estimate of drug-likeness (QED) is 0.478. The minimum atomic E-state index is 0. The van der Waals surface area contributed by atoms with Gasteiger partial charge >= 0.3 is 19.5 Å². The first kappa shape index (κ1) is 17.2. The van der Waals surface area contributed by atoms with Gasteiger partial charge < -0.3 is 19.3 Å². The summed E-state index contributed by atoms with van der Waals surface area (Å²) in [4.78, 5) is 0. The van der Waals surface area contributed by atoms with E-state index in [4.69, 9.17) is 0 Å². The maximum atomic E-state index is 2.19. The first-order valence-corrected chi connectivity index (χ1v) is 6.05. The summed E-state index contributed by atoms with van der Waals surface area (Å²) in [6.07, 6.45) is 15.5. The Morgan fingerprint density at radius 1 is 0.889 bits per heavy atom. The van der Waals surface area contributed by atoms with Crippen molar-refractivity contribution in [2.45, 2.75) is 27.2 Å². The molecule has 0 bridgehead atoms. The predicted molar refractivity (Wildman–Crippen MR) is 76.5 cm³/mol. The Morgan fingerprint density at radius 2 is 1.44 bits per heavy atom. The normalized spacial score (nSPS) is 13.3. The van der Waals surface area contributed by atoms with Crippen LogP contribution in [0.3, 0.4) is 0 Å². The maximum absolute atomic E-state index is 2.19. The van der Waals surface area contributed by atoms with E-state index in [1.54, 1.807) is 0 Å². The molecule has 18 heavy (non-hydrogen) atoms. The Hall–Kier alpha value is -0.807. The van der Waals surface area contributed by atoms with E-state index in [2.05, 4.69) is 64.0 Å². The van der Waals surface area contributed by atoms with Gasteiger partial charge in [0.1, 0.15) is 0 Å². The van der Waals surface area contributed by atoms with E-state index in [1.165, 1.54) is 16.7 Å². The zero-order valence-corrected chi connectivity index (χ0v) is 13.1. The van der Waals surface area contributed by atoms with Gasteiger partial charge in [0.15, 0.2) is 0 Å². The van der Waals surface area contributed by atoms with Crippen LogP contribution in [0.2, 0.25) is 0 Å². The van der Waals surface area contributed by atoms with E-state index < -0.39 is 0 Å². The van der Waals surface area contributed by atoms with Crippen molar-refractivity contribution in [1.82, 2.24) is 0 Å². The molecule has 0 heterocycles. The van der Waals surface area contributed by atoms with Gasteiger partial charge in [0.05, 0.1) is 0 Å². The van der Waals surface area contributed by atoms with Crippen LogP contribution in [-0.4, -0.2) is 0 Å². The fourth-order valence-electron chi connectivity index (χ4n) is 1.79. The molecule has 2 rings (SSSR count). The van der Waals surface area contributed by atoms with Crippen molar-refractivity contribution < 1.29 is 19.5 Å². The van der Waals surface area contributed by atoms with Gasteiger partial charge in [-0.1, -0.05) is 34.9 Å². The number of benzene rings is 1. The molecule has 0 nitrogen and oxygen atoms in total. The van der Waals surface area contributed by atoms with E-state index in [-0.39, 0.29) is 19.5 Å². The average molecular weight is 326 g/mol. The second-order valence-corrected chi connectivity index (χ2v) is 4.33. The topological polar surface area (TPSA) is 0 Å². The molecule has 1 aromatic carbocycles. The van der Waals surface area contributed by atoms with E-state index >= 15 is 0 Å². The number of rotatable bonds is 0. The van der Waals surface area contributed by atoms with E-state index in [1.807, 2.05) is 18.6 Å². The molecule has 0 spiro atoms. The molecule has 1 aromatic rings. The van der Waals surface area contributed by atoms with Gasteiger partial charge in [-0.2, -0.15) is 12.5 Å². The Kier molecular flexibility index (Phi) is 9.69. The Labute approximate surface area is 125 Å². The fourth-order valence-corrected chi connectivity index (χ4v) is 1.79. The summed E-state index contributed by atoms with van der Waals surface area (Å²) in [5, 5.41) is 0. The fraction of sp³-hybridized carbons (Fsp3) is 0.235. The van der Waals surface area contributed by atoms with Crippen molar-refractivity contribution in [1.29, 1.82) is 0 Å². The molecule has 1 aliphatic carbocycles. The first-order valence-electron chi connectivity index (χ1n) is 6.05. The van der Waals surface area contributed by atoms with Crippen LogP contribution in [0, 0.1) is 40.0 Å². The molecule has 0 N–H and O–H groups in total. The summed E-state index contributed by atoms with van der Waals surface area (Å²) in [6, 6.07) is 6.56. The second-order valence-electron chi connectivity index (χ2n) is 4.33. The first-order chi connectivity index (χ1) is 8.18. The van der Waals surface area contributed by atoms with Crippen LogP contribution in [0.5, 0.6) is 0 Å². The standard InChI is InChI=1S/C9H12.C8H9.Ru/c1-7-4-8(2)6-9(3)5-7;1-2-4-6-8-7-5-3-1;/h4-6H,1-3H3;1-7H,8H2;/q;-3;+1. The molecule has 0 saturated heterocycles. The number of hydrogen-bond acceptors (Lipinski definition) is 0. The predicted octanol–water partition coefficient (Wildman–Crippen LogP) is 4.72. The smallest absolute Gasteiger partial charge is 0.566 e. The minimum absolute atomic E-state index is 0. The van der Waals surface area contributed by atoms with Gasteiger partial charge in [0, 0.05) is 0 Å². The third-order valence-electron chi connectivity index (χ3n) is 2.35. The summed E-state index contributed by atoms with van der Waals surface area (Å²) >= 11 is 0. The summed E-state index contributed by atoms with van der Waals surface area (Å²) in [7, 11) is 0. The van der Waals surface area contributed by atoms with Crippen LogP contribution in [0.25, 0.3) is 0 Å². The van der Waals surface area contributed by atoms with E-state index in [0.717, 1.165) is 6.42 Å². The van der Waals surface area contributed by atoms with Gasteiger partial charge in [-0.3, -0.25) is 6.08 Å². The largest absolute Gasteiger partial charge is 1.00 e. The molecule has 1 radical (unpaired) electrons. The zero-order valence-electron chi connectivity index (χ0n) is 11.3. The molecule has 0 saturated carbocycles. The van der Waals surface area contributed by atoms with Crippen LogP contribution in [0.4, 0.5) is 0 Å². The van der Waals surface area contributed by atoms with Gasteiger partial charge in [-0.05, 0) is 20.8 Å². The van der Waals surface area contributed by atoms with Crippen molar-refractivity contribution in [2.75, 3.05) is 0 Å². The molecule has 0 aliphatic heterocycles. The summed E-state index contributed by atoms with van der Waals surface area (Å²) in [5.41, 5.74) is 4.06. The van der Waals surface area contributed by atoms with Crippen LogP contribution >= 0.6 is 0 Å². The summed E-state index contributed by atoms with van der Waals surface area (Å²) in [5.74, 6) is 0. The molecule has 0 aromatic heterocycles. The minimum Gasteiger partial charge on any atom is -0.566 e. The van der Waals surface area contributed by atoms with Gasteiger partial charge in [0.2, 0.25) is 0 Å². The van der Waals surface area contributed by atoms with Crippen molar-refractivity contribution >= 4 is 0 Å². The van der Waals surface area contributed by atoms with Crippen molar-refractivity contribution in [3.05, 3.63) is 78.5 Å². The average Bonchev–Trinajstić information content (AvgIpc) is 2.13. The molecular weight excluding hydrogens is 305 g/mol. The molecule has 99 valence electrons. The second kappa shape index (κ2) is 10.1. The van der Waals surface area contributed by atoms with E-state index in [0.29, 0.717) is 0 Å². The SMILES string of the molecule is C1=C[CH-][CH-][CH-]CC=C1.Cc1cc(C)cc(C)c1.[Ru+]. The van der Waals surface area contributed by atoms with E-state index in [9.17, 15) is 0 Å². The van der Waals surface area contributed by atoms with Crippen molar-refractivity contribution in [3.8, 4) is 0 Å². The molecule has 0 unspecified atom stereocenters. The van der Waals surface area contributed by atoms with Gasteiger partial charge in [-0.15, -0.1) is 6.08 Å². The summed E-state index contributed by atoms with van der Waals surface area (Å²) < 4.78 is 0. The Balaban J connectivity index is 0.000000306. The van der Waals surface area contributed by atoms with Crippen LogP contribution in [0.15, 0.2) is 42.5 Å². The van der Waals surface area contributed by atoms with Crippen molar-refractivity contribution in [2.24, 2.45) is 0 Å². The molecule has 0 fully saturated rings. The Morgan fingerprint density at radius 3 is 2.00 bits per heavy atom. The van der Waals surface area contributed by atoms with Crippen LogP contribution < -0.4 is 0 Å². The zero-order chi connectivity index (χ0) is 12.5. The third-order valence-corrected chi connectivity index (χ3v) is 2.35. The maximum Gasteiger partial charge on any atom is 1.00 e. The Bertz CT molecular complexity index is 324. The molecule has 1 aliphatic rings. The molecule has 1 heteroatoms. The van der Waals surface area contributed by atoms with Crippen molar-refractivity contribution in [3.63, 3.8) is 0 Å². The third kappa shape index (κ3) is 8.31. The van der Waals surface area contributed by atoms with Crippen LogP contribution in [-0.2, 0) is 19.5 Å². The number of allylic oxidation sites excluding steroid dienone is 4. The summed E-state index contributed by atoms with van der Waals surface area (Å²) in [6.45, 7) is 6.38. The van der Waals surface area contributed by atoms with Gasteiger partial charge in [-0.25, -0.2) is 6.08 Å². The monoisotopic (exact) mass is 327 g/mol. The van der Waals surface area contributed by atoms with Crippen LogP contribution in [0.1, 0.15) is 23.1 Å². The number of hydrogen-bond donors (Lipinski definition) is 0.